The standard InChI is InChI=1S/C14H18N4O2/c1-2-17-7-5-12(6-8-17)16-13-4-3-11(10-15)9-14(13)18(19)20/h3-4,9,12,16H,2,5-8H2,1H3. The van der Waals surface area contributed by atoms with Gasteiger partial charge in [0.1, 0.15) is 5.69 Å². The summed E-state index contributed by atoms with van der Waals surface area (Å²) in [5.41, 5.74) is 0.786. The van der Waals surface area contributed by atoms with Gasteiger partial charge in [-0.05, 0) is 31.5 Å². The van der Waals surface area contributed by atoms with Crippen LogP contribution in [-0.4, -0.2) is 35.5 Å². The van der Waals surface area contributed by atoms with E-state index in [0.29, 0.717) is 11.3 Å². The molecule has 0 radical (unpaired) electrons. The third kappa shape index (κ3) is 3.25. The number of benzene rings is 1. The quantitative estimate of drug-likeness (QED) is 0.673. The van der Waals surface area contributed by atoms with Gasteiger partial charge in [0, 0.05) is 25.2 Å². The summed E-state index contributed by atoms with van der Waals surface area (Å²) in [6, 6.07) is 6.74. The number of piperidine rings is 1. The van der Waals surface area contributed by atoms with E-state index in [-0.39, 0.29) is 11.7 Å². The molecule has 2 rings (SSSR count). The van der Waals surface area contributed by atoms with Crippen molar-refractivity contribution in [3.8, 4) is 6.07 Å². The molecule has 0 aromatic heterocycles. The second-order valence-corrected chi connectivity index (χ2v) is 4.95. The number of nitrogens with one attached hydrogen (secondary N) is 1. The van der Waals surface area contributed by atoms with Crippen molar-refractivity contribution in [2.24, 2.45) is 0 Å². The first-order valence-corrected chi connectivity index (χ1v) is 6.81. The minimum absolute atomic E-state index is 0.0260. The van der Waals surface area contributed by atoms with E-state index in [0.717, 1.165) is 32.5 Å². The van der Waals surface area contributed by atoms with Gasteiger partial charge in [-0.25, -0.2) is 0 Å². The summed E-state index contributed by atoms with van der Waals surface area (Å²) in [6.07, 6.45) is 1.95. The zero-order chi connectivity index (χ0) is 14.5. The lowest BCUT2D eigenvalue weighted by molar-refractivity contribution is -0.384. The number of nitro groups is 1. The number of nitrogens with zero attached hydrogens (tertiary/aromatic N) is 3. The van der Waals surface area contributed by atoms with Crippen LogP contribution in [0.5, 0.6) is 0 Å². The van der Waals surface area contributed by atoms with Gasteiger partial charge < -0.3 is 10.2 Å². The van der Waals surface area contributed by atoms with Crippen LogP contribution in [0.25, 0.3) is 0 Å². The van der Waals surface area contributed by atoms with Gasteiger partial charge in [-0.15, -0.1) is 0 Å². The molecule has 1 aliphatic rings. The van der Waals surface area contributed by atoms with E-state index in [9.17, 15) is 10.1 Å². The number of anilines is 1. The molecular weight excluding hydrogens is 256 g/mol. The van der Waals surface area contributed by atoms with Gasteiger partial charge in [0.25, 0.3) is 5.69 Å². The monoisotopic (exact) mass is 274 g/mol. The van der Waals surface area contributed by atoms with Gasteiger partial charge in [-0.1, -0.05) is 6.92 Å². The van der Waals surface area contributed by atoms with Crippen LogP contribution in [0.1, 0.15) is 25.3 Å². The number of likely N-dealkylation sites (tertiary alicyclic amines) is 1. The van der Waals surface area contributed by atoms with E-state index in [2.05, 4.69) is 17.1 Å². The molecular formula is C14H18N4O2. The van der Waals surface area contributed by atoms with Crippen molar-refractivity contribution in [3.05, 3.63) is 33.9 Å². The summed E-state index contributed by atoms with van der Waals surface area (Å²) in [5.74, 6) is 0. The fourth-order valence-corrected chi connectivity index (χ4v) is 2.49. The molecule has 1 saturated heterocycles. The Hall–Kier alpha value is -2.13. The Morgan fingerprint density at radius 3 is 2.75 bits per heavy atom. The molecule has 1 heterocycles. The van der Waals surface area contributed by atoms with Crippen LogP contribution in [-0.2, 0) is 0 Å². The Labute approximate surface area is 118 Å². The van der Waals surface area contributed by atoms with Crippen LogP contribution >= 0.6 is 0 Å². The Morgan fingerprint density at radius 1 is 1.50 bits per heavy atom. The van der Waals surface area contributed by atoms with Crippen molar-refractivity contribution in [2.45, 2.75) is 25.8 Å². The predicted octanol–water partition coefficient (Wildman–Crippen LogP) is 2.36. The van der Waals surface area contributed by atoms with Crippen molar-refractivity contribution in [1.82, 2.24) is 4.90 Å². The fourth-order valence-electron chi connectivity index (χ4n) is 2.49. The molecule has 0 spiro atoms. The first-order valence-electron chi connectivity index (χ1n) is 6.81. The summed E-state index contributed by atoms with van der Waals surface area (Å²) >= 11 is 0. The summed E-state index contributed by atoms with van der Waals surface area (Å²) in [5, 5.41) is 23.1. The van der Waals surface area contributed by atoms with Gasteiger partial charge in [0.2, 0.25) is 0 Å². The average Bonchev–Trinajstić information content (AvgIpc) is 2.48. The minimum Gasteiger partial charge on any atom is -0.377 e. The molecule has 1 aromatic rings. The Balaban J connectivity index is 2.10. The molecule has 106 valence electrons. The molecule has 6 heteroatoms. The zero-order valence-electron chi connectivity index (χ0n) is 11.5. The minimum atomic E-state index is -0.440. The Kier molecular flexibility index (Phi) is 4.53. The summed E-state index contributed by atoms with van der Waals surface area (Å²) in [4.78, 5) is 13.0. The number of hydrogen-bond donors (Lipinski definition) is 1. The molecule has 0 amide bonds. The molecule has 1 aliphatic heterocycles. The number of nitro benzene ring substituents is 1. The maximum atomic E-state index is 11.1. The SMILES string of the molecule is CCN1CCC(Nc2ccc(C#N)cc2[N+](=O)[O-])CC1. The first kappa shape index (κ1) is 14.3. The van der Waals surface area contributed by atoms with E-state index in [1.165, 1.54) is 6.07 Å². The Morgan fingerprint density at radius 2 is 2.20 bits per heavy atom. The lowest BCUT2D eigenvalue weighted by Gasteiger charge is -2.31. The number of rotatable bonds is 4. The molecule has 1 fully saturated rings. The van der Waals surface area contributed by atoms with Crippen molar-refractivity contribution in [2.75, 3.05) is 25.0 Å². The lowest BCUT2D eigenvalue weighted by atomic mass is 10.0. The van der Waals surface area contributed by atoms with Gasteiger partial charge in [-0.3, -0.25) is 10.1 Å². The van der Waals surface area contributed by atoms with Crippen LogP contribution in [0.3, 0.4) is 0 Å². The van der Waals surface area contributed by atoms with Gasteiger partial charge in [0.05, 0.1) is 16.6 Å². The van der Waals surface area contributed by atoms with Crippen LogP contribution in [0.15, 0.2) is 18.2 Å². The third-order valence-electron chi connectivity index (χ3n) is 3.72. The summed E-state index contributed by atoms with van der Waals surface area (Å²) < 4.78 is 0. The molecule has 0 saturated carbocycles. The van der Waals surface area contributed by atoms with Gasteiger partial charge in [-0.2, -0.15) is 5.26 Å². The summed E-state index contributed by atoms with van der Waals surface area (Å²) in [6.45, 7) is 5.21. The van der Waals surface area contributed by atoms with Crippen LogP contribution in [0, 0.1) is 21.4 Å². The van der Waals surface area contributed by atoms with Gasteiger partial charge in [0.15, 0.2) is 0 Å². The molecule has 0 aliphatic carbocycles. The highest BCUT2D eigenvalue weighted by molar-refractivity contribution is 5.64. The topological polar surface area (TPSA) is 82.2 Å². The highest BCUT2D eigenvalue weighted by Gasteiger charge is 2.21. The van der Waals surface area contributed by atoms with E-state index >= 15 is 0 Å². The summed E-state index contributed by atoms with van der Waals surface area (Å²) in [7, 11) is 0. The predicted molar refractivity (Wildman–Crippen MR) is 76.6 cm³/mol. The average molecular weight is 274 g/mol. The molecule has 20 heavy (non-hydrogen) atoms. The van der Waals surface area contributed by atoms with Crippen molar-refractivity contribution in [3.63, 3.8) is 0 Å². The molecule has 0 atom stereocenters. The van der Waals surface area contributed by atoms with E-state index in [4.69, 9.17) is 5.26 Å². The van der Waals surface area contributed by atoms with Crippen LogP contribution < -0.4 is 5.32 Å². The molecule has 0 unspecified atom stereocenters. The smallest absolute Gasteiger partial charge is 0.293 e. The highest BCUT2D eigenvalue weighted by atomic mass is 16.6. The van der Waals surface area contributed by atoms with E-state index in [1.807, 2.05) is 6.07 Å². The van der Waals surface area contributed by atoms with Gasteiger partial charge >= 0.3 is 0 Å². The molecule has 0 bridgehead atoms. The number of hydrogen-bond acceptors (Lipinski definition) is 5. The highest BCUT2D eigenvalue weighted by Crippen LogP contribution is 2.27. The second-order valence-electron chi connectivity index (χ2n) is 4.95. The zero-order valence-corrected chi connectivity index (χ0v) is 11.5. The fraction of sp³-hybridized carbons (Fsp3) is 0.500. The third-order valence-corrected chi connectivity index (χ3v) is 3.72. The largest absolute Gasteiger partial charge is 0.377 e. The van der Waals surface area contributed by atoms with Crippen molar-refractivity contribution in [1.29, 1.82) is 5.26 Å². The normalized spacial score (nSPS) is 16.6. The molecule has 1 aromatic carbocycles. The first-order chi connectivity index (χ1) is 9.63. The van der Waals surface area contributed by atoms with Crippen molar-refractivity contribution < 1.29 is 4.92 Å². The van der Waals surface area contributed by atoms with E-state index in [1.54, 1.807) is 12.1 Å². The van der Waals surface area contributed by atoms with Crippen LogP contribution in [0.4, 0.5) is 11.4 Å². The molecule has 1 N–H and O–H groups in total. The van der Waals surface area contributed by atoms with E-state index < -0.39 is 4.92 Å². The molecule has 6 nitrogen and oxygen atoms in total. The lowest BCUT2D eigenvalue weighted by Crippen LogP contribution is -2.38. The Bertz CT molecular complexity index is 530. The maximum absolute atomic E-state index is 11.1. The number of nitriles is 1. The second kappa shape index (κ2) is 6.35. The van der Waals surface area contributed by atoms with Crippen LogP contribution in [0.2, 0.25) is 0 Å². The maximum Gasteiger partial charge on any atom is 0.293 e. The van der Waals surface area contributed by atoms with Crippen molar-refractivity contribution >= 4 is 11.4 Å².